The van der Waals surface area contributed by atoms with Crippen molar-refractivity contribution in [1.82, 2.24) is 40.5 Å². The number of carboxylic acid groups (broad SMARTS) is 1. The lowest BCUT2D eigenvalue weighted by Gasteiger charge is -2.25. The van der Waals surface area contributed by atoms with E-state index >= 15 is 0 Å². The molecule has 13 heteroatoms. The van der Waals surface area contributed by atoms with Crippen LogP contribution in [0.4, 0.5) is 0 Å². The Morgan fingerprint density at radius 2 is 1.77 bits per heavy atom. The molecule has 0 spiro atoms. The number of para-hydroxylation sites is 1. The molecule has 1 amide bonds. The standard InChI is InChI=1S/C43H38N8O4S/c52-42(46-38(43(53)54)23-32-21-27-6-4-5-9-36(27)44-32)29-12-16-35(30-18-19-56-25-30)31(20-29)24-55-34-14-10-26(11-15-34)41-45-37-22-28(40-47-49-50-48-40)13-17-39(37)51(41)33-7-2-1-3-8-33/h4-6,9-22,25,33,38,44H,1-3,7-8,23-24H2,(H,46,52)(H,53,54)(H,47,48,49,50). The summed E-state index contributed by atoms with van der Waals surface area (Å²) in [7, 11) is 0. The van der Waals surface area contributed by atoms with E-state index in [9.17, 15) is 14.7 Å². The molecule has 1 saturated carbocycles. The highest BCUT2D eigenvalue weighted by molar-refractivity contribution is 7.08. The number of nitrogens with one attached hydrogen (secondary N) is 3. The van der Waals surface area contributed by atoms with Crippen molar-refractivity contribution in [2.45, 2.75) is 57.2 Å². The number of benzene rings is 4. The van der Waals surface area contributed by atoms with Gasteiger partial charge >= 0.3 is 5.97 Å². The minimum absolute atomic E-state index is 0.118. The lowest BCUT2D eigenvalue weighted by atomic mass is 9.95. The summed E-state index contributed by atoms with van der Waals surface area (Å²) in [4.78, 5) is 34.2. The van der Waals surface area contributed by atoms with Gasteiger partial charge in [-0.1, -0.05) is 43.5 Å². The fourth-order valence-corrected chi connectivity index (χ4v) is 8.41. The predicted octanol–water partition coefficient (Wildman–Crippen LogP) is 8.60. The molecule has 4 aromatic heterocycles. The van der Waals surface area contributed by atoms with E-state index < -0.39 is 17.9 Å². The van der Waals surface area contributed by atoms with E-state index in [0.29, 0.717) is 23.2 Å². The number of imidazole rings is 1. The van der Waals surface area contributed by atoms with Crippen LogP contribution < -0.4 is 10.1 Å². The van der Waals surface area contributed by atoms with Crippen molar-refractivity contribution in [1.29, 1.82) is 0 Å². The molecule has 4 aromatic carbocycles. The number of ether oxygens (including phenoxy) is 1. The van der Waals surface area contributed by atoms with Crippen molar-refractivity contribution < 1.29 is 19.4 Å². The van der Waals surface area contributed by atoms with E-state index in [1.807, 2.05) is 84.2 Å². The van der Waals surface area contributed by atoms with Crippen molar-refractivity contribution in [2.75, 3.05) is 0 Å². The second-order valence-electron chi connectivity index (χ2n) is 14.2. The maximum atomic E-state index is 13.6. The number of carbonyl (C=O) groups is 2. The van der Waals surface area contributed by atoms with Crippen LogP contribution in [0, 0.1) is 0 Å². The van der Waals surface area contributed by atoms with Crippen molar-refractivity contribution in [3.05, 3.63) is 125 Å². The normalized spacial score (nSPS) is 13.9. The number of tetrazole rings is 1. The van der Waals surface area contributed by atoms with E-state index in [4.69, 9.17) is 9.72 Å². The summed E-state index contributed by atoms with van der Waals surface area (Å²) in [5.74, 6) is 0.527. The zero-order chi connectivity index (χ0) is 38.0. The van der Waals surface area contributed by atoms with E-state index in [0.717, 1.165) is 74.1 Å². The maximum absolute atomic E-state index is 13.6. The maximum Gasteiger partial charge on any atom is 0.326 e. The van der Waals surface area contributed by atoms with Crippen LogP contribution in [0.15, 0.2) is 108 Å². The number of aromatic nitrogens is 7. The molecular weight excluding hydrogens is 725 g/mol. The Hall–Kier alpha value is -6.60. The van der Waals surface area contributed by atoms with E-state index in [-0.39, 0.29) is 13.0 Å². The SMILES string of the molecule is O=C(NC(Cc1cc2ccccc2[nH]1)C(=O)O)c1ccc(-c2ccsc2)c(COc2ccc(-c3nc4cc(-c5nn[nH]n5)ccc4n3C3CCCCC3)cc2)c1. The molecule has 12 nitrogen and oxygen atoms in total. The third-order valence-corrected chi connectivity index (χ3v) is 11.2. The Balaban J connectivity index is 0.956. The number of aromatic amines is 2. The lowest BCUT2D eigenvalue weighted by Crippen LogP contribution is -2.42. The number of amides is 1. The summed E-state index contributed by atoms with van der Waals surface area (Å²) in [6.45, 7) is 0.197. The second kappa shape index (κ2) is 15.3. The highest BCUT2D eigenvalue weighted by atomic mass is 32.1. The summed E-state index contributed by atoms with van der Waals surface area (Å²) < 4.78 is 8.76. The van der Waals surface area contributed by atoms with Gasteiger partial charge < -0.3 is 24.7 Å². The van der Waals surface area contributed by atoms with Gasteiger partial charge in [-0.2, -0.15) is 16.6 Å². The molecule has 0 radical (unpaired) electrons. The van der Waals surface area contributed by atoms with Gasteiger partial charge in [0.1, 0.15) is 24.2 Å². The number of hydrogen-bond acceptors (Lipinski definition) is 8. The number of fused-ring (bicyclic) bond motifs is 2. The number of thiophene rings is 1. The first-order valence-electron chi connectivity index (χ1n) is 18.7. The second-order valence-corrected chi connectivity index (χ2v) is 15.0. The van der Waals surface area contributed by atoms with Gasteiger partial charge in [0.05, 0.1) is 11.0 Å². The number of aliphatic carboxylic acids is 1. The molecule has 0 bridgehead atoms. The minimum Gasteiger partial charge on any atom is -0.489 e. The van der Waals surface area contributed by atoms with Crippen LogP contribution in [0.5, 0.6) is 5.75 Å². The number of hydrogen-bond donors (Lipinski definition) is 4. The summed E-state index contributed by atoms with van der Waals surface area (Å²) >= 11 is 1.59. The summed E-state index contributed by atoms with van der Waals surface area (Å²) in [6.07, 6.45) is 5.97. The average Bonchev–Trinajstić information content (AvgIpc) is 4.07. The van der Waals surface area contributed by atoms with Gasteiger partial charge in [-0.25, -0.2) is 9.78 Å². The van der Waals surface area contributed by atoms with Crippen molar-refractivity contribution >= 4 is 45.1 Å². The van der Waals surface area contributed by atoms with E-state index in [1.54, 1.807) is 23.5 Å². The molecule has 1 aliphatic carbocycles. The molecule has 1 fully saturated rings. The molecule has 280 valence electrons. The molecule has 8 aromatic rings. The Morgan fingerprint density at radius 3 is 2.54 bits per heavy atom. The summed E-state index contributed by atoms with van der Waals surface area (Å²) in [6, 6.07) is 30.5. The molecule has 0 saturated heterocycles. The first-order chi connectivity index (χ1) is 27.5. The van der Waals surface area contributed by atoms with Crippen LogP contribution >= 0.6 is 11.3 Å². The van der Waals surface area contributed by atoms with Gasteiger partial charge in [-0.3, -0.25) is 4.79 Å². The van der Waals surface area contributed by atoms with Crippen molar-refractivity contribution in [3.63, 3.8) is 0 Å². The van der Waals surface area contributed by atoms with Gasteiger partial charge in [0.2, 0.25) is 5.82 Å². The first kappa shape index (κ1) is 35.1. The van der Waals surface area contributed by atoms with Crippen LogP contribution in [0.1, 0.15) is 59.8 Å². The Kier molecular flexibility index (Phi) is 9.57. The monoisotopic (exact) mass is 762 g/mol. The van der Waals surface area contributed by atoms with Gasteiger partial charge in [-0.05, 0) is 124 Å². The summed E-state index contributed by atoms with van der Waals surface area (Å²) in [5, 5.41) is 32.4. The third-order valence-electron chi connectivity index (χ3n) is 10.6. The molecule has 4 N–H and O–H groups in total. The molecule has 56 heavy (non-hydrogen) atoms. The highest BCUT2D eigenvalue weighted by Gasteiger charge is 2.25. The van der Waals surface area contributed by atoms with Gasteiger partial charge in [0.15, 0.2) is 0 Å². The number of nitrogens with zero attached hydrogens (tertiary/aromatic N) is 5. The Morgan fingerprint density at radius 1 is 0.929 bits per heavy atom. The van der Waals surface area contributed by atoms with Crippen LogP contribution in [-0.4, -0.2) is 58.2 Å². The third kappa shape index (κ3) is 7.16. The topological polar surface area (TPSA) is 164 Å². The molecular formula is C43H38N8O4S. The minimum atomic E-state index is -1.12. The number of carboxylic acids is 1. The van der Waals surface area contributed by atoms with Crippen LogP contribution in [-0.2, 0) is 17.8 Å². The van der Waals surface area contributed by atoms with Gasteiger partial charge in [-0.15, -0.1) is 10.2 Å². The molecule has 1 unspecified atom stereocenters. The Bertz CT molecular complexity index is 2610. The molecule has 9 rings (SSSR count). The molecule has 0 aliphatic heterocycles. The van der Waals surface area contributed by atoms with Crippen LogP contribution in [0.2, 0.25) is 0 Å². The summed E-state index contributed by atoms with van der Waals surface area (Å²) in [5.41, 5.74) is 8.55. The highest BCUT2D eigenvalue weighted by Crippen LogP contribution is 2.37. The van der Waals surface area contributed by atoms with Gasteiger partial charge in [0.25, 0.3) is 5.91 Å². The lowest BCUT2D eigenvalue weighted by molar-refractivity contribution is -0.139. The van der Waals surface area contributed by atoms with Gasteiger partial charge in [0, 0.05) is 40.4 Å². The first-order valence-corrected chi connectivity index (χ1v) is 19.7. The molecule has 1 atom stereocenters. The van der Waals surface area contributed by atoms with E-state index in [2.05, 4.69) is 46.9 Å². The van der Waals surface area contributed by atoms with Crippen LogP contribution in [0.3, 0.4) is 0 Å². The quantitative estimate of drug-likeness (QED) is 0.0962. The largest absolute Gasteiger partial charge is 0.489 e. The number of H-pyrrole nitrogens is 2. The number of rotatable bonds is 12. The zero-order valence-corrected chi connectivity index (χ0v) is 31.1. The fourth-order valence-electron chi connectivity index (χ4n) is 7.75. The van der Waals surface area contributed by atoms with Crippen molar-refractivity contribution in [3.8, 4) is 39.7 Å². The van der Waals surface area contributed by atoms with Crippen molar-refractivity contribution in [2.24, 2.45) is 0 Å². The average molecular weight is 763 g/mol. The van der Waals surface area contributed by atoms with E-state index in [1.165, 1.54) is 19.3 Å². The van der Waals surface area contributed by atoms with Crippen LogP contribution in [0.25, 0.3) is 55.8 Å². The smallest absolute Gasteiger partial charge is 0.326 e. The predicted molar refractivity (Wildman–Crippen MR) is 215 cm³/mol. The molecule has 1 aliphatic rings. The zero-order valence-electron chi connectivity index (χ0n) is 30.3. The Labute approximate surface area is 325 Å². The molecule has 4 heterocycles. The number of carbonyl (C=O) groups excluding carboxylic acids is 1. The fraction of sp³-hybridized carbons (Fsp3) is 0.209.